The summed E-state index contributed by atoms with van der Waals surface area (Å²) in [5.74, 6) is -0.683. The molecule has 13 heteroatoms. The number of rotatable bonds is 12. The van der Waals surface area contributed by atoms with E-state index in [1.165, 1.54) is 31.4 Å². The fourth-order valence-electron chi connectivity index (χ4n) is 4.78. The molecule has 2 unspecified atom stereocenters. The van der Waals surface area contributed by atoms with Gasteiger partial charge >= 0.3 is 11.9 Å². The standard InChI is InChI=1S/C33H33N3O9S/c1-21(41-3)16-17-43-33(38)24-8-7-9-27(18-24)46(39,40)35-26-14-12-23(13-15-26)31-30(44-45-34-31)19-25-20-36(22(2)32(37)42-4)29-11-6-5-10-28(25)29/h5-15,18-22,35H,16-17H2,1-4H3/b30-19-. The molecular formula is C33H33N3O9S. The van der Waals surface area contributed by atoms with E-state index < -0.39 is 22.0 Å². The highest BCUT2D eigenvalue weighted by Gasteiger charge is 2.24. The van der Waals surface area contributed by atoms with Crippen molar-refractivity contribution in [3.63, 3.8) is 0 Å². The molecule has 3 aromatic carbocycles. The van der Waals surface area contributed by atoms with Crippen molar-refractivity contribution in [3.05, 3.63) is 101 Å². The van der Waals surface area contributed by atoms with E-state index >= 15 is 0 Å². The van der Waals surface area contributed by atoms with Gasteiger partial charge in [-0.15, -0.1) is 0 Å². The Morgan fingerprint density at radius 3 is 2.52 bits per heavy atom. The van der Waals surface area contributed by atoms with Crippen LogP contribution >= 0.6 is 0 Å². The quantitative estimate of drug-likeness (QED) is 0.156. The lowest BCUT2D eigenvalue weighted by Crippen LogP contribution is -2.16. The largest absolute Gasteiger partial charge is 0.467 e. The smallest absolute Gasteiger partial charge is 0.338 e. The number of aromatic nitrogens is 1. The van der Waals surface area contributed by atoms with Gasteiger partial charge in [0.25, 0.3) is 10.0 Å². The highest BCUT2D eigenvalue weighted by molar-refractivity contribution is 7.92. The van der Waals surface area contributed by atoms with Gasteiger partial charge in [0.2, 0.25) is 5.76 Å². The maximum Gasteiger partial charge on any atom is 0.338 e. The van der Waals surface area contributed by atoms with Gasteiger partial charge < -0.3 is 18.8 Å². The Labute approximate surface area is 266 Å². The van der Waals surface area contributed by atoms with Gasteiger partial charge in [-0.3, -0.25) is 9.61 Å². The molecule has 0 amide bonds. The zero-order valence-electron chi connectivity index (χ0n) is 25.6. The Morgan fingerprint density at radius 1 is 1.02 bits per heavy atom. The molecule has 0 bridgehead atoms. The van der Waals surface area contributed by atoms with Gasteiger partial charge in [0.1, 0.15) is 6.04 Å². The number of benzene rings is 3. The van der Waals surface area contributed by atoms with Crippen LogP contribution in [-0.4, -0.2) is 57.6 Å². The zero-order valence-corrected chi connectivity index (χ0v) is 26.4. The highest BCUT2D eigenvalue weighted by atomic mass is 32.2. The first-order valence-corrected chi connectivity index (χ1v) is 15.8. The summed E-state index contributed by atoms with van der Waals surface area (Å²) in [5, 5.41) is 4.89. The van der Waals surface area contributed by atoms with Gasteiger partial charge in [0.15, 0.2) is 5.71 Å². The maximum absolute atomic E-state index is 13.1. The molecule has 1 aliphatic heterocycles. The summed E-state index contributed by atoms with van der Waals surface area (Å²) >= 11 is 0. The lowest BCUT2D eigenvalue weighted by Gasteiger charge is -2.12. The first kappa shape index (κ1) is 32.3. The normalized spacial score (nSPS) is 15.0. The van der Waals surface area contributed by atoms with Gasteiger partial charge in [-0.2, -0.15) is 4.99 Å². The molecule has 0 aliphatic carbocycles. The molecule has 0 radical (unpaired) electrons. The third-order valence-electron chi connectivity index (χ3n) is 7.46. The average Bonchev–Trinajstić information content (AvgIpc) is 3.69. The number of anilines is 1. The summed E-state index contributed by atoms with van der Waals surface area (Å²) in [6.45, 7) is 3.75. The van der Waals surface area contributed by atoms with E-state index in [9.17, 15) is 18.0 Å². The molecule has 2 atom stereocenters. The Balaban J connectivity index is 1.32. The van der Waals surface area contributed by atoms with Crippen molar-refractivity contribution in [2.45, 2.75) is 37.3 Å². The number of oxime groups is 1. The van der Waals surface area contributed by atoms with Crippen LogP contribution in [0.2, 0.25) is 0 Å². The number of esters is 2. The molecule has 240 valence electrons. The zero-order chi connectivity index (χ0) is 32.8. The van der Waals surface area contributed by atoms with Crippen LogP contribution in [0.1, 0.15) is 47.8 Å². The summed E-state index contributed by atoms with van der Waals surface area (Å²) in [7, 11) is -1.11. The number of methoxy groups -OCH3 is 2. The van der Waals surface area contributed by atoms with Crippen LogP contribution in [0.25, 0.3) is 17.0 Å². The molecule has 1 aliphatic rings. The van der Waals surface area contributed by atoms with Gasteiger partial charge in [-0.1, -0.05) is 36.4 Å². The minimum absolute atomic E-state index is 0.0742. The number of allylic oxidation sites excluding steroid dienone is 1. The monoisotopic (exact) mass is 647 g/mol. The van der Waals surface area contributed by atoms with Crippen molar-refractivity contribution in [3.8, 4) is 0 Å². The molecule has 1 aromatic heterocycles. The SMILES string of the molecule is COC(=O)C(C)n1cc(/C=C2\OON=C2c2ccc(NS(=O)(=O)c3cccc(C(=O)OCCC(C)OC)c3)cc2)c2ccccc21. The number of nitrogens with zero attached hydrogens (tertiary/aromatic N) is 2. The maximum atomic E-state index is 13.1. The van der Waals surface area contributed by atoms with E-state index in [0.29, 0.717) is 23.5 Å². The number of ether oxygens (including phenoxy) is 3. The molecule has 12 nitrogen and oxygen atoms in total. The van der Waals surface area contributed by atoms with Gasteiger partial charge in [-0.25, -0.2) is 18.0 Å². The van der Waals surface area contributed by atoms with Crippen LogP contribution in [0.5, 0.6) is 0 Å². The van der Waals surface area contributed by atoms with Crippen LogP contribution in [0, 0.1) is 0 Å². The lowest BCUT2D eigenvalue weighted by atomic mass is 10.1. The summed E-state index contributed by atoms with van der Waals surface area (Å²) in [6, 6.07) is 19.2. The van der Waals surface area contributed by atoms with E-state index in [1.807, 2.05) is 42.0 Å². The second kappa shape index (κ2) is 13.9. The van der Waals surface area contributed by atoms with E-state index in [1.54, 1.807) is 44.4 Å². The summed E-state index contributed by atoms with van der Waals surface area (Å²) < 4.78 is 46.0. The van der Waals surface area contributed by atoms with Crippen LogP contribution in [0.4, 0.5) is 5.69 Å². The number of carbonyl (C=O) groups excluding carboxylic acids is 2. The van der Waals surface area contributed by atoms with Crippen molar-refractivity contribution in [1.82, 2.24) is 4.57 Å². The van der Waals surface area contributed by atoms with Gasteiger partial charge in [-0.05, 0) is 61.5 Å². The van der Waals surface area contributed by atoms with E-state index in [2.05, 4.69) is 9.88 Å². The predicted octanol–water partition coefficient (Wildman–Crippen LogP) is 5.46. The minimum Gasteiger partial charge on any atom is -0.467 e. The van der Waals surface area contributed by atoms with Crippen LogP contribution < -0.4 is 4.72 Å². The van der Waals surface area contributed by atoms with Crippen molar-refractivity contribution in [2.75, 3.05) is 25.5 Å². The average molecular weight is 648 g/mol. The molecule has 0 fully saturated rings. The fraction of sp³-hybridized carbons (Fsp3) is 0.242. The van der Waals surface area contributed by atoms with Gasteiger partial charge in [0, 0.05) is 47.4 Å². The van der Waals surface area contributed by atoms with Crippen molar-refractivity contribution in [2.24, 2.45) is 5.16 Å². The van der Waals surface area contributed by atoms with E-state index in [0.717, 1.165) is 16.5 Å². The Kier molecular flexibility index (Phi) is 9.73. The molecule has 46 heavy (non-hydrogen) atoms. The molecule has 4 aromatic rings. The first-order chi connectivity index (χ1) is 22.1. The van der Waals surface area contributed by atoms with Crippen molar-refractivity contribution >= 4 is 50.3 Å². The number of hydrogen-bond donors (Lipinski definition) is 1. The molecule has 2 heterocycles. The summed E-state index contributed by atoms with van der Waals surface area (Å²) in [4.78, 5) is 34.9. The minimum atomic E-state index is -4.03. The number of hydrogen-bond acceptors (Lipinski definition) is 10. The van der Waals surface area contributed by atoms with E-state index in [4.69, 9.17) is 24.1 Å². The fourth-order valence-corrected chi connectivity index (χ4v) is 5.88. The Morgan fingerprint density at radius 2 is 1.78 bits per heavy atom. The Hall–Kier alpha value is -5.14. The molecule has 0 spiro atoms. The number of fused-ring (bicyclic) bond motifs is 1. The topological polar surface area (TPSA) is 144 Å². The number of nitrogens with one attached hydrogen (secondary N) is 1. The number of sulfonamides is 1. The lowest BCUT2D eigenvalue weighted by molar-refractivity contribution is -0.241. The third kappa shape index (κ3) is 7.05. The van der Waals surface area contributed by atoms with Crippen LogP contribution in [0.3, 0.4) is 0 Å². The molecule has 5 rings (SSSR count). The van der Waals surface area contributed by atoms with Crippen LogP contribution in [-0.2, 0) is 38.9 Å². The predicted molar refractivity (Wildman–Crippen MR) is 170 cm³/mol. The number of para-hydroxylation sites is 1. The molecule has 1 N–H and O–H groups in total. The van der Waals surface area contributed by atoms with Gasteiger partial charge in [0.05, 0.1) is 30.3 Å². The second-order valence-corrected chi connectivity index (χ2v) is 12.2. The molecule has 0 saturated heterocycles. The second-order valence-electron chi connectivity index (χ2n) is 10.5. The summed E-state index contributed by atoms with van der Waals surface area (Å²) in [6.07, 6.45) is 4.02. The van der Waals surface area contributed by atoms with Crippen molar-refractivity contribution in [1.29, 1.82) is 0 Å². The molecular weight excluding hydrogens is 614 g/mol. The first-order valence-electron chi connectivity index (χ1n) is 14.4. The van der Waals surface area contributed by atoms with Crippen LogP contribution in [0.15, 0.2) is 94.8 Å². The number of carbonyl (C=O) groups is 2. The highest BCUT2D eigenvalue weighted by Crippen LogP contribution is 2.30. The van der Waals surface area contributed by atoms with E-state index in [-0.39, 0.29) is 34.8 Å². The van der Waals surface area contributed by atoms with Crippen molar-refractivity contribution < 1.29 is 42.1 Å². The third-order valence-corrected chi connectivity index (χ3v) is 8.84. The summed E-state index contributed by atoms with van der Waals surface area (Å²) in [5.41, 5.74) is 2.99. The Bertz CT molecular complexity index is 1910. The molecule has 0 saturated carbocycles.